The van der Waals surface area contributed by atoms with Gasteiger partial charge in [-0.15, -0.1) is 0 Å². The molecule has 2 rings (SSSR count). The zero-order valence-electron chi connectivity index (χ0n) is 12.6. The van der Waals surface area contributed by atoms with Crippen LogP contribution in [0.15, 0.2) is 30.3 Å². The SMILES string of the molecule is CCCc1nc(Cl)cc(NC(C)c2ccc(OC)cc2)n1. The second kappa shape index (κ2) is 7.27. The number of anilines is 1. The third kappa shape index (κ3) is 4.33. The molecule has 1 heterocycles. The van der Waals surface area contributed by atoms with Crippen LogP contribution in [0.3, 0.4) is 0 Å². The fraction of sp³-hybridized carbons (Fsp3) is 0.375. The number of halogens is 1. The molecule has 0 amide bonds. The van der Waals surface area contributed by atoms with Crippen LogP contribution in [0.25, 0.3) is 0 Å². The van der Waals surface area contributed by atoms with E-state index >= 15 is 0 Å². The molecular weight excluding hydrogens is 286 g/mol. The number of aromatic nitrogens is 2. The van der Waals surface area contributed by atoms with E-state index in [1.54, 1.807) is 13.2 Å². The molecule has 1 unspecified atom stereocenters. The van der Waals surface area contributed by atoms with Gasteiger partial charge < -0.3 is 10.1 Å². The first-order valence-corrected chi connectivity index (χ1v) is 7.44. The second-order valence-corrected chi connectivity index (χ2v) is 5.27. The van der Waals surface area contributed by atoms with Gasteiger partial charge in [0.1, 0.15) is 22.5 Å². The van der Waals surface area contributed by atoms with E-state index in [0.29, 0.717) is 5.15 Å². The number of ether oxygens (including phenoxy) is 1. The summed E-state index contributed by atoms with van der Waals surface area (Å²) in [5.41, 5.74) is 1.16. The molecule has 1 N–H and O–H groups in total. The molecule has 1 atom stereocenters. The molecular formula is C16H20ClN3O. The predicted octanol–water partition coefficient (Wildman–Crippen LogP) is 4.26. The van der Waals surface area contributed by atoms with Crippen molar-refractivity contribution >= 4 is 17.4 Å². The van der Waals surface area contributed by atoms with E-state index in [-0.39, 0.29) is 6.04 Å². The van der Waals surface area contributed by atoms with Crippen LogP contribution >= 0.6 is 11.6 Å². The zero-order valence-corrected chi connectivity index (χ0v) is 13.3. The third-order valence-corrected chi connectivity index (χ3v) is 3.39. The quantitative estimate of drug-likeness (QED) is 0.810. The third-order valence-electron chi connectivity index (χ3n) is 3.19. The predicted molar refractivity (Wildman–Crippen MR) is 86.1 cm³/mol. The van der Waals surface area contributed by atoms with Gasteiger partial charge in [-0.25, -0.2) is 9.97 Å². The van der Waals surface area contributed by atoms with Gasteiger partial charge in [-0.1, -0.05) is 30.7 Å². The monoisotopic (exact) mass is 305 g/mol. The van der Waals surface area contributed by atoms with Gasteiger partial charge >= 0.3 is 0 Å². The molecule has 0 spiro atoms. The van der Waals surface area contributed by atoms with Crippen molar-refractivity contribution in [3.8, 4) is 5.75 Å². The molecule has 0 saturated carbocycles. The van der Waals surface area contributed by atoms with Crippen molar-refractivity contribution in [2.75, 3.05) is 12.4 Å². The lowest BCUT2D eigenvalue weighted by atomic mass is 10.1. The van der Waals surface area contributed by atoms with Gasteiger partial charge in [0, 0.05) is 18.5 Å². The van der Waals surface area contributed by atoms with Crippen molar-refractivity contribution < 1.29 is 4.74 Å². The number of hydrogen-bond acceptors (Lipinski definition) is 4. The van der Waals surface area contributed by atoms with Crippen molar-refractivity contribution in [3.63, 3.8) is 0 Å². The van der Waals surface area contributed by atoms with Gasteiger partial charge in [0.25, 0.3) is 0 Å². The lowest BCUT2D eigenvalue weighted by Gasteiger charge is -2.16. The summed E-state index contributed by atoms with van der Waals surface area (Å²) in [5, 5.41) is 3.83. The molecule has 1 aromatic carbocycles. The average Bonchev–Trinajstić information content (AvgIpc) is 2.47. The van der Waals surface area contributed by atoms with Gasteiger partial charge in [-0.3, -0.25) is 0 Å². The number of aryl methyl sites for hydroxylation is 1. The highest BCUT2D eigenvalue weighted by Gasteiger charge is 2.08. The molecule has 0 fully saturated rings. The highest BCUT2D eigenvalue weighted by molar-refractivity contribution is 6.29. The van der Waals surface area contributed by atoms with Crippen molar-refractivity contribution in [1.29, 1.82) is 0 Å². The van der Waals surface area contributed by atoms with Gasteiger partial charge in [0.05, 0.1) is 7.11 Å². The molecule has 4 nitrogen and oxygen atoms in total. The van der Waals surface area contributed by atoms with Crippen molar-refractivity contribution in [3.05, 3.63) is 46.9 Å². The van der Waals surface area contributed by atoms with Gasteiger partial charge in [0.15, 0.2) is 0 Å². The van der Waals surface area contributed by atoms with Crippen molar-refractivity contribution in [2.24, 2.45) is 0 Å². The number of nitrogens with zero attached hydrogens (tertiary/aromatic N) is 2. The molecule has 21 heavy (non-hydrogen) atoms. The topological polar surface area (TPSA) is 47.0 Å². The Hall–Kier alpha value is -1.81. The maximum atomic E-state index is 6.05. The summed E-state index contributed by atoms with van der Waals surface area (Å²) in [4.78, 5) is 8.72. The van der Waals surface area contributed by atoms with E-state index in [9.17, 15) is 0 Å². The fourth-order valence-corrected chi connectivity index (χ4v) is 2.27. The Morgan fingerprint density at radius 2 is 1.95 bits per heavy atom. The molecule has 0 saturated heterocycles. The average molecular weight is 306 g/mol. The maximum absolute atomic E-state index is 6.05. The molecule has 0 bridgehead atoms. The molecule has 0 aliphatic rings. The van der Waals surface area contributed by atoms with Crippen LogP contribution in [0, 0.1) is 0 Å². The Labute approximate surface area is 130 Å². The largest absolute Gasteiger partial charge is 0.497 e. The van der Waals surface area contributed by atoms with Crippen LogP contribution in [-0.4, -0.2) is 17.1 Å². The van der Waals surface area contributed by atoms with Gasteiger partial charge in [-0.05, 0) is 31.0 Å². The first-order valence-electron chi connectivity index (χ1n) is 7.06. The summed E-state index contributed by atoms with van der Waals surface area (Å²) < 4.78 is 5.17. The van der Waals surface area contributed by atoms with E-state index < -0.39 is 0 Å². The maximum Gasteiger partial charge on any atom is 0.134 e. The summed E-state index contributed by atoms with van der Waals surface area (Å²) in [6.07, 6.45) is 1.82. The number of nitrogens with one attached hydrogen (secondary N) is 1. The van der Waals surface area contributed by atoms with Crippen LogP contribution in [0.5, 0.6) is 5.75 Å². The Morgan fingerprint density at radius 1 is 1.24 bits per heavy atom. The summed E-state index contributed by atoms with van der Waals surface area (Å²) in [6.45, 7) is 4.18. The minimum atomic E-state index is 0.122. The highest BCUT2D eigenvalue weighted by atomic mass is 35.5. The van der Waals surface area contributed by atoms with E-state index in [0.717, 1.165) is 35.8 Å². The molecule has 0 aliphatic heterocycles. The van der Waals surface area contributed by atoms with Gasteiger partial charge in [0.2, 0.25) is 0 Å². The lowest BCUT2D eigenvalue weighted by Crippen LogP contribution is -2.09. The Kier molecular flexibility index (Phi) is 5.39. The molecule has 112 valence electrons. The normalized spacial score (nSPS) is 12.0. The number of hydrogen-bond donors (Lipinski definition) is 1. The van der Waals surface area contributed by atoms with Gasteiger partial charge in [-0.2, -0.15) is 0 Å². The smallest absolute Gasteiger partial charge is 0.134 e. The van der Waals surface area contributed by atoms with Crippen LogP contribution in [-0.2, 0) is 6.42 Å². The van der Waals surface area contributed by atoms with E-state index in [4.69, 9.17) is 16.3 Å². The van der Waals surface area contributed by atoms with Crippen molar-refractivity contribution in [2.45, 2.75) is 32.7 Å². The van der Waals surface area contributed by atoms with Crippen LogP contribution < -0.4 is 10.1 Å². The molecule has 0 aliphatic carbocycles. The Balaban J connectivity index is 2.12. The minimum absolute atomic E-state index is 0.122. The van der Waals surface area contributed by atoms with E-state index in [2.05, 4.69) is 29.1 Å². The standard InChI is InChI=1S/C16H20ClN3O/c1-4-5-15-19-14(17)10-16(20-15)18-11(2)12-6-8-13(21-3)9-7-12/h6-11H,4-5H2,1-3H3,(H,18,19,20). The number of benzene rings is 1. The number of methoxy groups -OCH3 is 1. The van der Waals surface area contributed by atoms with Crippen molar-refractivity contribution in [1.82, 2.24) is 9.97 Å². The van der Waals surface area contributed by atoms with Crippen LogP contribution in [0.2, 0.25) is 5.15 Å². The molecule has 1 aromatic heterocycles. The Morgan fingerprint density at radius 3 is 2.57 bits per heavy atom. The Bertz CT molecular complexity index is 587. The van der Waals surface area contributed by atoms with E-state index in [1.807, 2.05) is 24.3 Å². The lowest BCUT2D eigenvalue weighted by molar-refractivity contribution is 0.414. The fourth-order valence-electron chi connectivity index (χ4n) is 2.07. The van der Waals surface area contributed by atoms with Crippen LogP contribution in [0.1, 0.15) is 37.7 Å². The van der Waals surface area contributed by atoms with Crippen LogP contribution in [0.4, 0.5) is 5.82 Å². The minimum Gasteiger partial charge on any atom is -0.497 e. The molecule has 2 aromatic rings. The summed E-state index contributed by atoms with van der Waals surface area (Å²) >= 11 is 6.05. The summed E-state index contributed by atoms with van der Waals surface area (Å²) in [7, 11) is 1.66. The molecule has 0 radical (unpaired) electrons. The first-order chi connectivity index (χ1) is 10.1. The second-order valence-electron chi connectivity index (χ2n) is 4.88. The summed E-state index contributed by atoms with van der Waals surface area (Å²) in [5.74, 6) is 2.37. The highest BCUT2D eigenvalue weighted by Crippen LogP contribution is 2.22. The molecule has 5 heteroatoms. The zero-order chi connectivity index (χ0) is 15.2. The first kappa shape index (κ1) is 15.6. The summed E-state index contributed by atoms with van der Waals surface area (Å²) in [6, 6.07) is 9.84. The number of rotatable bonds is 6. The van der Waals surface area contributed by atoms with E-state index in [1.165, 1.54) is 0 Å².